The molecule has 4 nitrogen and oxygen atoms in total. The molecule has 0 unspecified atom stereocenters. The van der Waals surface area contributed by atoms with Crippen molar-refractivity contribution >= 4 is 28.4 Å². The predicted molar refractivity (Wildman–Crippen MR) is 58.5 cm³/mol. The van der Waals surface area contributed by atoms with Gasteiger partial charge in [0.15, 0.2) is 0 Å². The molecule has 0 aliphatic rings. The zero-order chi connectivity index (χ0) is 9.26. The summed E-state index contributed by atoms with van der Waals surface area (Å²) >= 11 is 2.21. The largest absolute Gasteiger partial charge is 0.384 e. The van der Waals surface area contributed by atoms with E-state index in [-0.39, 0.29) is 0 Å². The lowest BCUT2D eigenvalue weighted by atomic mass is 10.4. The maximum Gasteiger partial charge on any atom is 0.125 e. The Morgan fingerprint density at radius 2 is 2.31 bits per heavy atom. The van der Waals surface area contributed by atoms with Crippen LogP contribution >= 0.6 is 22.6 Å². The third kappa shape index (κ3) is 1.80. The van der Waals surface area contributed by atoms with Crippen LogP contribution in [-0.4, -0.2) is 14.8 Å². The van der Waals surface area contributed by atoms with Gasteiger partial charge in [0.05, 0.1) is 15.5 Å². The molecule has 0 fully saturated rings. The molecular weight excluding hydrogens is 279 g/mol. The van der Waals surface area contributed by atoms with E-state index in [2.05, 4.69) is 32.7 Å². The molecule has 0 saturated carbocycles. The molecule has 66 valence electrons. The summed E-state index contributed by atoms with van der Waals surface area (Å²) in [5.74, 6) is 0.503. The lowest BCUT2D eigenvalue weighted by Gasteiger charge is -2.00. The monoisotopic (exact) mass is 286 g/mol. The number of hydrogen-bond acceptors (Lipinski definition) is 3. The van der Waals surface area contributed by atoms with Crippen LogP contribution in [0.15, 0.2) is 30.7 Å². The van der Waals surface area contributed by atoms with Gasteiger partial charge in [-0.3, -0.25) is 0 Å². The van der Waals surface area contributed by atoms with Crippen LogP contribution in [0.2, 0.25) is 0 Å². The predicted octanol–water partition coefficient (Wildman–Crippen LogP) is 1.45. The van der Waals surface area contributed by atoms with Gasteiger partial charge in [0.1, 0.15) is 5.82 Å². The number of anilines is 1. The SMILES string of the molecule is Nc1cc(-n2cc(I)cn2)ccn1. The number of nitrogens with zero attached hydrogens (tertiary/aromatic N) is 3. The first-order chi connectivity index (χ1) is 6.25. The molecule has 0 aromatic carbocycles. The Kier molecular flexibility index (Phi) is 2.17. The second kappa shape index (κ2) is 3.33. The van der Waals surface area contributed by atoms with Gasteiger partial charge < -0.3 is 5.73 Å². The fraction of sp³-hybridized carbons (Fsp3) is 0. The van der Waals surface area contributed by atoms with E-state index in [0.29, 0.717) is 5.82 Å². The van der Waals surface area contributed by atoms with Gasteiger partial charge in [0.25, 0.3) is 0 Å². The Labute approximate surface area is 88.9 Å². The number of aromatic nitrogens is 3. The summed E-state index contributed by atoms with van der Waals surface area (Å²) in [7, 11) is 0. The minimum absolute atomic E-state index is 0.503. The summed E-state index contributed by atoms with van der Waals surface area (Å²) < 4.78 is 2.85. The van der Waals surface area contributed by atoms with Crippen molar-refractivity contribution < 1.29 is 0 Å². The molecule has 0 saturated heterocycles. The Bertz CT molecular complexity index is 424. The summed E-state index contributed by atoms with van der Waals surface area (Å²) in [4.78, 5) is 3.91. The van der Waals surface area contributed by atoms with Crippen LogP contribution in [-0.2, 0) is 0 Å². The van der Waals surface area contributed by atoms with Gasteiger partial charge in [-0.15, -0.1) is 0 Å². The van der Waals surface area contributed by atoms with E-state index >= 15 is 0 Å². The Morgan fingerprint density at radius 1 is 1.46 bits per heavy atom. The third-order valence-electron chi connectivity index (χ3n) is 1.58. The van der Waals surface area contributed by atoms with E-state index in [9.17, 15) is 0 Å². The van der Waals surface area contributed by atoms with Gasteiger partial charge in [-0.05, 0) is 28.7 Å². The average molecular weight is 286 g/mol. The van der Waals surface area contributed by atoms with Crippen molar-refractivity contribution in [3.8, 4) is 5.69 Å². The van der Waals surface area contributed by atoms with Crippen molar-refractivity contribution in [1.82, 2.24) is 14.8 Å². The summed E-state index contributed by atoms with van der Waals surface area (Å²) in [6.45, 7) is 0. The molecule has 0 amide bonds. The van der Waals surface area contributed by atoms with E-state index in [0.717, 1.165) is 9.26 Å². The molecule has 0 aliphatic carbocycles. The van der Waals surface area contributed by atoms with Crippen molar-refractivity contribution in [2.45, 2.75) is 0 Å². The number of pyridine rings is 1. The lowest BCUT2D eigenvalue weighted by molar-refractivity contribution is 0.878. The molecule has 2 rings (SSSR count). The van der Waals surface area contributed by atoms with Crippen molar-refractivity contribution in [2.75, 3.05) is 5.73 Å². The Morgan fingerprint density at radius 3 is 2.92 bits per heavy atom. The van der Waals surface area contributed by atoms with Crippen molar-refractivity contribution in [2.24, 2.45) is 0 Å². The summed E-state index contributed by atoms with van der Waals surface area (Å²) in [6, 6.07) is 3.64. The minimum Gasteiger partial charge on any atom is -0.384 e. The number of nitrogen functional groups attached to an aromatic ring is 1. The highest BCUT2D eigenvalue weighted by atomic mass is 127. The summed E-state index contributed by atoms with van der Waals surface area (Å²) in [5, 5.41) is 4.15. The maximum absolute atomic E-state index is 5.55. The first-order valence-corrected chi connectivity index (χ1v) is 4.75. The number of nitrogens with two attached hydrogens (primary N) is 1. The topological polar surface area (TPSA) is 56.7 Å². The van der Waals surface area contributed by atoms with Crippen molar-refractivity contribution in [3.63, 3.8) is 0 Å². The van der Waals surface area contributed by atoms with Crippen LogP contribution < -0.4 is 5.73 Å². The molecule has 0 bridgehead atoms. The van der Waals surface area contributed by atoms with Crippen molar-refractivity contribution in [1.29, 1.82) is 0 Å². The van der Waals surface area contributed by atoms with E-state index < -0.39 is 0 Å². The van der Waals surface area contributed by atoms with Gasteiger partial charge in [-0.25, -0.2) is 9.67 Å². The van der Waals surface area contributed by atoms with E-state index in [1.807, 2.05) is 12.3 Å². The number of rotatable bonds is 1. The third-order valence-corrected chi connectivity index (χ3v) is 2.14. The fourth-order valence-corrected chi connectivity index (χ4v) is 1.41. The van der Waals surface area contributed by atoms with Gasteiger partial charge in [-0.1, -0.05) is 0 Å². The highest BCUT2D eigenvalue weighted by Crippen LogP contribution is 2.10. The quantitative estimate of drug-likeness (QED) is 0.807. The van der Waals surface area contributed by atoms with E-state index in [1.165, 1.54) is 0 Å². The van der Waals surface area contributed by atoms with Crippen LogP contribution in [0.25, 0.3) is 5.69 Å². The van der Waals surface area contributed by atoms with Crippen molar-refractivity contribution in [3.05, 3.63) is 34.3 Å². The highest BCUT2D eigenvalue weighted by molar-refractivity contribution is 14.1. The standard InChI is InChI=1S/C8H7IN4/c9-6-4-12-13(5-6)7-1-2-11-8(10)3-7/h1-5H,(H2,10,11). The number of hydrogen-bond donors (Lipinski definition) is 1. The second-order valence-electron chi connectivity index (χ2n) is 2.54. The van der Waals surface area contributed by atoms with Gasteiger partial charge in [0, 0.05) is 18.5 Å². The first-order valence-electron chi connectivity index (χ1n) is 3.68. The fourth-order valence-electron chi connectivity index (χ4n) is 1.02. The van der Waals surface area contributed by atoms with Crippen LogP contribution in [0.1, 0.15) is 0 Å². The number of halogens is 1. The maximum atomic E-state index is 5.55. The highest BCUT2D eigenvalue weighted by Gasteiger charge is 1.98. The Hall–Kier alpha value is -1.11. The zero-order valence-corrected chi connectivity index (χ0v) is 8.84. The van der Waals surface area contributed by atoms with E-state index in [4.69, 9.17) is 5.73 Å². The van der Waals surface area contributed by atoms with Crippen LogP contribution in [0.5, 0.6) is 0 Å². The molecule has 2 N–H and O–H groups in total. The lowest BCUT2D eigenvalue weighted by Crippen LogP contribution is -1.97. The molecule has 2 heterocycles. The van der Waals surface area contributed by atoms with Gasteiger partial charge in [-0.2, -0.15) is 5.10 Å². The van der Waals surface area contributed by atoms with E-state index in [1.54, 1.807) is 23.1 Å². The molecular formula is C8H7IN4. The normalized spacial score (nSPS) is 10.2. The minimum atomic E-state index is 0.503. The van der Waals surface area contributed by atoms with Gasteiger partial charge in [0.2, 0.25) is 0 Å². The average Bonchev–Trinajstić information content (AvgIpc) is 2.52. The van der Waals surface area contributed by atoms with Crippen LogP contribution in [0.3, 0.4) is 0 Å². The molecule has 2 aromatic heterocycles. The molecule has 13 heavy (non-hydrogen) atoms. The first kappa shape index (κ1) is 8.49. The summed E-state index contributed by atoms with van der Waals surface area (Å²) in [5.41, 5.74) is 6.47. The zero-order valence-electron chi connectivity index (χ0n) is 6.68. The molecule has 0 spiro atoms. The molecule has 0 radical (unpaired) electrons. The molecule has 0 atom stereocenters. The van der Waals surface area contributed by atoms with Crippen LogP contribution in [0.4, 0.5) is 5.82 Å². The van der Waals surface area contributed by atoms with Gasteiger partial charge >= 0.3 is 0 Å². The second-order valence-corrected chi connectivity index (χ2v) is 3.79. The smallest absolute Gasteiger partial charge is 0.125 e. The molecule has 0 aliphatic heterocycles. The molecule has 5 heteroatoms. The molecule has 2 aromatic rings. The van der Waals surface area contributed by atoms with Crippen LogP contribution in [0, 0.1) is 3.57 Å². The summed E-state index contributed by atoms with van der Waals surface area (Å²) in [6.07, 6.45) is 5.38. The Balaban J connectivity index is 2.46.